The largest absolute Gasteiger partial charge is 0.325 e. The summed E-state index contributed by atoms with van der Waals surface area (Å²) in [6.07, 6.45) is 0. The molecule has 3 aromatic carbocycles. The van der Waals surface area contributed by atoms with Gasteiger partial charge in [-0.05, 0) is 55.5 Å². The number of anilines is 3. The van der Waals surface area contributed by atoms with E-state index in [1.54, 1.807) is 79.7 Å². The quantitative estimate of drug-likeness (QED) is 0.479. The maximum Gasteiger partial charge on any atom is 0.261 e. The molecule has 174 valence electrons. The summed E-state index contributed by atoms with van der Waals surface area (Å²) >= 11 is 0. The number of benzene rings is 3. The maximum absolute atomic E-state index is 13.1. The van der Waals surface area contributed by atoms with Gasteiger partial charge in [0.25, 0.3) is 11.5 Å². The van der Waals surface area contributed by atoms with Crippen LogP contribution in [0, 0.1) is 6.92 Å². The second kappa shape index (κ2) is 8.86. The number of carbonyl (C=O) groups is 3. The van der Waals surface area contributed by atoms with Crippen LogP contribution in [-0.4, -0.2) is 33.8 Å². The topological polar surface area (TPSA) is 113 Å². The Morgan fingerprint density at radius 2 is 1.69 bits per heavy atom. The SMILES string of the molecule is Cc1nc2ccccc2c(=O)n1CC(=O)Nc1ccc(C(=O)N2CC(=O)Nc3ccccc32)cc1. The number of carbonyl (C=O) groups excluding carboxylic acids is 3. The third-order valence-corrected chi connectivity index (χ3v) is 5.79. The van der Waals surface area contributed by atoms with Gasteiger partial charge in [-0.1, -0.05) is 24.3 Å². The van der Waals surface area contributed by atoms with Crippen molar-refractivity contribution in [2.45, 2.75) is 13.5 Å². The Hall–Kier alpha value is -4.79. The first-order chi connectivity index (χ1) is 16.9. The molecule has 9 heteroatoms. The van der Waals surface area contributed by atoms with Crippen LogP contribution in [0.15, 0.2) is 77.6 Å². The standard InChI is InChI=1S/C26H21N5O4/c1-16-27-20-7-3-2-6-19(20)26(35)30(16)14-23(32)28-18-12-10-17(11-13-18)25(34)31-15-24(33)29-21-8-4-5-9-22(21)31/h2-13H,14-15H2,1H3,(H,28,32)(H,29,33). The van der Waals surface area contributed by atoms with Crippen LogP contribution in [0.5, 0.6) is 0 Å². The molecule has 0 aliphatic carbocycles. The first-order valence-corrected chi connectivity index (χ1v) is 11.0. The zero-order valence-corrected chi connectivity index (χ0v) is 18.8. The summed E-state index contributed by atoms with van der Waals surface area (Å²) in [5, 5.41) is 5.95. The molecule has 1 aromatic heterocycles. The highest BCUT2D eigenvalue weighted by molar-refractivity contribution is 6.15. The molecule has 1 aliphatic heterocycles. The predicted octanol–water partition coefficient (Wildman–Crippen LogP) is 2.94. The monoisotopic (exact) mass is 467 g/mol. The summed E-state index contributed by atoms with van der Waals surface area (Å²) in [5.74, 6) is -0.548. The first kappa shape index (κ1) is 22.0. The van der Waals surface area contributed by atoms with E-state index in [-0.39, 0.29) is 30.5 Å². The van der Waals surface area contributed by atoms with Crippen molar-refractivity contribution in [1.82, 2.24) is 9.55 Å². The Labute approximate surface area is 200 Å². The maximum atomic E-state index is 13.1. The molecule has 9 nitrogen and oxygen atoms in total. The van der Waals surface area contributed by atoms with Crippen LogP contribution in [-0.2, 0) is 16.1 Å². The summed E-state index contributed by atoms with van der Waals surface area (Å²) in [4.78, 5) is 56.4. The summed E-state index contributed by atoms with van der Waals surface area (Å²) < 4.78 is 1.33. The highest BCUT2D eigenvalue weighted by Crippen LogP contribution is 2.30. The van der Waals surface area contributed by atoms with Crippen molar-refractivity contribution < 1.29 is 14.4 Å². The van der Waals surface area contributed by atoms with Crippen molar-refractivity contribution in [3.63, 3.8) is 0 Å². The van der Waals surface area contributed by atoms with Gasteiger partial charge in [0.1, 0.15) is 18.9 Å². The highest BCUT2D eigenvalue weighted by Gasteiger charge is 2.27. The van der Waals surface area contributed by atoms with Gasteiger partial charge < -0.3 is 10.6 Å². The molecule has 4 aromatic rings. The summed E-state index contributed by atoms with van der Waals surface area (Å²) in [7, 11) is 0. The van der Waals surface area contributed by atoms with E-state index in [2.05, 4.69) is 15.6 Å². The highest BCUT2D eigenvalue weighted by atomic mass is 16.2. The van der Waals surface area contributed by atoms with Gasteiger partial charge in [-0.15, -0.1) is 0 Å². The number of rotatable bonds is 4. The van der Waals surface area contributed by atoms with E-state index < -0.39 is 5.91 Å². The van der Waals surface area contributed by atoms with Crippen molar-refractivity contribution in [1.29, 1.82) is 0 Å². The molecule has 0 atom stereocenters. The minimum atomic E-state index is -0.395. The zero-order chi connectivity index (χ0) is 24.5. The Bertz CT molecular complexity index is 1540. The third-order valence-electron chi connectivity index (χ3n) is 5.79. The molecule has 0 radical (unpaired) electrons. The Balaban J connectivity index is 1.31. The van der Waals surface area contributed by atoms with E-state index in [0.29, 0.717) is 39.4 Å². The molecule has 2 heterocycles. The van der Waals surface area contributed by atoms with Crippen LogP contribution < -0.4 is 21.1 Å². The molecule has 35 heavy (non-hydrogen) atoms. The van der Waals surface area contributed by atoms with Crippen molar-refractivity contribution >= 4 is 45.7 Å². The number of hydrogen-bond acceptors (Lipinski definition) is 5. The number of aromatic nitrogens is 2. The molecule has 0 spiro atoms. The lowest BCUT2D eigenvalue weighted by Crippen LogP contribution is -2.42. The van der Waals surface area contributed by atoms with Crippen LogP contribution in [0.3, 0.4) is 0 Å². The number of amides is 3. The van der Waals surface area contributed by atoms with Crippen molar-refractivity contribution in [2.24, 2.45) is 0 Å². The number of hydrogen-bond donors (Lipinski definition) is 2. The smallest absolute Gasteiger partial charge is 0.261 e. The molecule has 2 N–H and O–H groups in total. The number of para-hydroxylation sites is 3. The fourth-order valence-electron chi connectivity index (χ4n) is 4.08. The van der Waals surface area contributed by atoms with Gasteiger partial charge in [-0.25, -0.2) is 4.98 Å². The predicted molar refractivity (Wildman–Crippen MR) is 133 cm³/mol. The molecule has 0 saturated heterocycles. The van der Waals surface area contributed by atoms with E-state index in [1.807, 2.05) is 0 Å². The van der Waals surface area contributed by atoms with Gasteiger partial charge in [-0.3, -0.25) is 28.6 Å². The lowest BCUT2D eigenvalue weighted by atomic mass is 10.1. The Morgan fingerprint density at radius 3 is 2.49 bits per heavy atom. The van der Waals surface area contributed by atoms with E-state index in [4.69, 9.17) is 0 Å². The van der Waals surface area contributed by atoms with E-state index in [9.17, 15) is 19.2 Å². The van der Waals surface area contributed by atoms with Crippen molar-refractivity contribution in [3.8, 4) is 0 Å². The van der Waals surface area contributed by atoms with Crippen LogP contribution in [0.2, 0.25) is 0 Å². The fourth-order valence-corrected chi connectivity index (χ4v) is 4.08. The molecule has 3 amide bonds. The Morgan fingerprint density at radius 1 is 0.971 bits per heavy atom. The summed E-state index contributed by atoms with van der Waals surface area (Å²) in [6, 6.07) is 20.5. The molecule has 5 rings (SSSR count). The average molecular weight is 467 g/mol. The molecular formula is C26H21N5O4. The summed E-state index contributed by atoms with van der Waals surface area (Å²) in [6.45, 7) is 1.41. The minimum absolute atomic E-state index is 0.0811. The van der Waals surface area contributed by atoms with Crippen molar-refractivity contribution in [3.05, 3.63) is 94.5 Å². The first-order valence-electron chi connectivity index (χ1n) is 11.0. The van der Waals surface area contributed by atoms with E-state index in [1.165, 1.54) is 9.47 Å². The average Bonchev–Trinajstić information content (AvgIpc) is 2.86. The van der Waals surface area contributed by atoms with Gasteiger partial charge in [0.05, 0.1) is 22.3 Å². The number of nitrogens with one attached hydrogen (secondary N) is 2. The molecule has 0 fully saturated rings. The number of nitrogens with zero attached hydrogens (tertiary/aromatic N) is 3. The van der Waals surface area contributed by atoms with Crippen LogP contribution >= 0.6 is 0 Å². The lowest BCUT2D eigenvalue weighted by molar-refractivity contribution is -0.117. The van der Waals surface area contributed by atoms with E-state index >= 15 is 0 Å². The van der Waals surface area contributed by atoms with Crippen LogP contribution in [0.1, 0.15) is 16.2 Å². The normalized spacial score (nSPS) is 12.7. The second-order valence-corrected chi connectivity index (χ2v) is 8.15. The lowest BCUT2D eigenvalue weighted by Gasteiger charge is -2.29. The van der Waals surface area contributed by atoms with Crippen LogP contribution in [0.4, 0.5) is 17.1 Å². The third kappa shape index (κ3) is 4.26. The van der Waals surface area contributed by atoms with Gasteiger partial charge >= 0.3 is 0 Å². The van der Waals surface area contributed by atoms with Gasteiger partial charge in [0.15, 0.2) is 0 Å². The number of fused-ring (bicyclic) bond motifs is 2. The van der Waals surface area contributed by atoms with Gasteiger partial charge in [0.2, 0.25) is 11.8 Å². The molecule has 0 bridgehead atoms. The zero-order valence-electron chi connectivity index (χ0n) is 18.8. The molecule has 1 aliphatic rings. The molecular weight excluding hydrogens is 446 g/mol. The van der Waals surface area contributed by atoms with E-state index in [0.717, 1.165) is 0 Å². The van der Waals surface area contributed by atoms with Gasteiger partial charge in [-0.2, -0.15) is 0 Å². The Kier molecular flexibility index (Phi) is 5.58. The summed E-state index contributed by atoms with van der Waals surface area (Å²) in [5.41, 5.74) is 2.35. The van der Waals surface area contributed by atoms with Crippen molar-refractivity contribution in [2.75, 3.05) is 22.1 Å². The number of aryl methyl sites for hydroxylation is 1. The molecule has 0 saturated carbocycles. The van der Waals surface area contributed by atoms with Crippen LogP contribution in [0.25, 0.3) is 10.9 Å². The second-order valence-electron chi connectivity index (χ2n) is 8.15. The fraction of sp³-hybridized carbons (Fsp3) is 0.115. The van der Waals surface area contributed by atoms with Gasteiger partial charge in [0, 0.05) is 11.3 Å². The molecule has 0 unspecified atom stereocenters. The minimum Gasteiger partial charge on any atom is -0.325 e.